The summed E-state index contributed by atoms with van der Waals surface area (Å²) in [4.78, 5) is 15.5. The summed E-state index contributed by atoms with van der Waals surface area (Å²) in [6.45, 7) is 1.99. The van der Waals surface area contributed by atoms with E-state index in [4.69, 9.17) is 16.3 Å². The first-order chi connectivity index (χ1) is 19.2. The minimum absolute atomic E-state index is 0.0852. The number of hydrogen-bond acceptors (Lipinski definition) is 6. The maximum absolute atomic E-state index is 13.1. The van der Waals surface area contributed by atoms with Crippen LogP contribution in [0.4, 0.5) is 5.69 Å². The molecule has 4 aliphatic rings. The maximum Gasteiger partial charge on any atom is 0.264 e. The first kappa shape index (κ1) is 27.9. The molecular formula is C31H39ClN2O5S. The third kappa shape index (κ3) is 5.59. The summed E-state index contributed by atoms with van der Waals surface area (Å²) in [7, 11) is -3.74. The summed E-state index contributed by atoms with van der Waals surface area (Å²) in [5.74, 6) is 0.605. The van der Waals surface area contributed by atoms with Gasteiger partial charge < -0.3 is 14.7 Å². The normalized spacial score (nSPS) is 30.5. The Kier molecular flexibility index (Phi) is 7.79. The van der Waals surface area contributed by atoms with Crippen molar-refractivity contribution in [3.8, 4) is 5.75 Å². The minimum Gasteiger partial charge on any atom is -0.490 e. The van der Waals surface area contributed by atoms with E-state index in [1.807, 2.05) is 6.07 Å². The summed E-state index contributed by atoms with van der Waals surface area (Å²) >= 11 is 6.38. The number of ether oxygens (including phenoxy) is 1. The number of carbonyl (C=O) groups excluding carboxylic acids is 1. The Morgan fingerprint density at radius 1 is 1.02 bits per heavy atom. The van der Waals surface area contributed by atoms with Crippen LogP contribution in [0.3, 0.4) is 0 Å². The lowest BCUT2D eigenvalue weighted by atomic mass is 9.68. The number of amides is 1. The number of hydrogen-bond donors (Lipinski definition) is 2. The minimum atomic E-state index is -3.74. The zero-order valence-corrected chi connectivity index (χ0v) is 24.5. The van der Waals surface area contributed by atoms with Gasteiger partial charge in [0.15, 0.2) is 0 Å². The van der Waals surface area contributed by atoms with Gasteiger partial charge in [-0.15, -0.1) is 0 Å². The molecule has 1 spiro atoms. The molecular weight excluding hydrogens is 548 g/mol. The lowest BCUT2D eigenvalue weighted by Crippen LogP contribution is -2.49. The average molecular weight is 587 g/mol. The van der Waals surface area contributed by atoms with E-state index in [2.05, 4.69) is 21.8 Å². The van der Waals surface area contributed by atoms with Crippen LogP contribution in [0.25, 0.3) is 0 Å². The Hall–Kier alpha value is -2.29. The van der Waals surface area contributed by atoms with Crippen LogP contribution >= 0.6 is 11.6 Å². The fraction of sp³-hybridized carbons (Fsp3) is 0.581. The molecule has 2 bridgehead atoms. The van der Waals surface area contributed by atoms with Gasteiger partial charge in [-0.25, -0.2) is 13.1 Å². The van der Waals surface area contributed by atoms with Crippen LogP contribution in [0.15, 0.2) is 36.4 Å². The highest BCUT2D eigenvalue weighted by molar-refractivity contribution is 7.90. The molecule has 4 atom stereocenters. The molecule has 0 unspecified atom stereocenters. The maximum atomic E-state index is 13.1. The number of sulfonamides is 1. The van der Waals surface area contributed by atoms with Crippen molar-refractivity contribution >= 4 is 33.2 Å². The van der Waals surface area contributed by atoms with E-state index in [-0.39, 0.29) is 23.2 Å². The zero-order chi connectivity index (χ0) is 27.9. The summed E-state index contributed by atoms with van der Waals surface area (Å²) in [6.07, 6.45) is 8.49. The highest BCUT2D eigenvalue weighted by atomic mass is 35.5. The molecule has 216 valence electrons. The molecule has 6 rings (SSSR count). The Morgan fingerprint density at radius 3 is 2.70 bits per heavy atom. The van der Waals surface area contributed by atoms with Crippen LogP contribution < -0.4 is 14.4 Å². The van der Waals surface area contributed by atoms with Crippen LogP contribution in [0.1, 0.15) is 79.3 Å². The number of rotatable bonds is 0. The molecule has 2 N–H and O–H groups in total. The average Bonchev–Trinajstić information content (AvgIpc) is 3.05. The topological polar surface area (TPSA) is 95.9 Å². The molecule has 0 radical (unpaired) electrons. The number of halogens is 1. The van der Waals surface area contributed by atoms with Gasteiger partial charge in [0.05, 0.1) is 24.2 Å². The van der Waals surface area contributed by atoms with Crippen molar-refractivity contribution in [2.75, 3.05) is 30.3 Å². The monoisotopic (exact) mass is 586 g/mol. The van der Waals surface area contributed by atoms with E-state index < -0.39 is 15.9 Å². The van der Waals surface area contributed by atoms with Gasteiger partial charge in [0.25, 0.3) is 5.91 Å². The second kappa shape index (κ2) is 11.2. The van der Waals surface area contributed by atoms with Crippen molar-refractivity contribution in [1.29, 1.82) is 0 Å². The molecule has 0 aromatic heterocycles. The van der Waals surface area contributed by atoms with E-state index in [0.717, 1.165) is 81.6 Å². The number of anilines is 1. The van der Waals surface area contributed by atoms with Crippen molar-refractivity contribution in [2.45, 2.75) is 75.7 Å². The Balaban J connectivity index is 1.39. The van der Waals surface area contributed by atoms with E-state index in [0.29, 0.717) is 30.3 Å². The third-order valence-electron chi connectivity index (χ3n) is 9.64. The third-order valence-corrected chi connectivity index (χ3v) is 11.2. The van der Waals surface area contributed by atoms with Crippen molar-refractivity contribution in [3.63, 3.8) is 0 Å². The van der Waals surface area contributed by atoms with Crippen LogP contribution in [0.5, 0.6) is 5.75 Å². The second-order valence-corrected chi connectivity index (χ2v) is 14.6. The quantitative estimate of drug-likeness (QED) is 0.439. The predicted octanol–water partition coefficient (Wildman–Crippen LogP) is 5.22. The molecule has 2 aromatic carbocycles. The summed E-state index contributed by atoms with van der Waals surface area (Å²) in [5.41, 5.74) is 3.42. The van der Waals surface area contributed by atoms with E-state index >= 15 is 0 Å². The number of aryl methyl sites for hydroxylation is 1. The van der Waals surface area contributed by atoms with Crippen molar-refractivity contribution in [3.05, 3.63) is 58.1 Å². The molecule has 1 amide bonds. The van der Waals surface area contributed by atoms with E-state index in [1.165, 1.54) is 11.1 Å². The zero-order valence-electron chi connectivity index (χ0n) is 22.9. The Bertz CT molecular complexity index is 1380. The SMILES string of the molecule is O=C1NS(=O)(=O)CCCCCC[C@H](O)[C@@H]2CC[C@H]2CN2C[C@@]3(CCCc4cc(Cl)ccc43)COc3ccc1cc32. The second-order valence-electron chi connectivity index (χ2n) is 12.3. The van der Waals surface area contributed by atoms with E-state index in [1.54, 1.807) is 18.2 Å². The number of aliphatic hydroxyl groups excluding tert-OH is 1. The van der Waals surface area contributed by atoms with Crippen LogP contribution in [-0.4, -0.2) is 51.0 Å². The number of benzene rings is 2. The van der Waals surface area contributed by atoms with Gasteiger partial charge in [-0.05, 0) is 98.2 Å². The highest BCUT2D eigenvalue weighted by Gasteiger charge is 2.44. The van der Waals surface area contributed by atoms with Gasteiger partial charge in [0, 0.05) is 29.1 Å². The fourth-order valence-electron chi connectivity index (χ4n) is 7.33. The summed E-state index contributed by atoms with van der Waals surface area (Å²) in [6, 6.07) is 11.4. The largest absolute Gasteiger partial charge is 0.490 e. The smallest absolute Gasteiger partial charge is 0.264 e. The van der Waals surface area contributed by atoms with Crippen LogP contribution in [0, 0.1) is 11.8 Å². The van der Waals surface area contributed by atoms with Gasteiger partial charge in [-0.3, -0.25) is 4.79 Å². The predicted molar refractivity (Wildman–Crippen MR) is 157 cm³/mol. The van der Waals surface area contributed by atoms with Crippen LogP contribution in [-0.2, 0) is 21.9 Å². The molecule has 2 heterocycles. The molecule has 2 aliphatic carbocycles. The Morgan fingerprint density at radius 2 is 1.88 bits per heavy atom. The van der Waals surface area contributed by atoms with Crippen molar-refractivity contribution in [1.82, 2.24) is 4.72 Å². The lowest BCUT2D eigenvalue weighted by Gasteiger charge is -2.45. The molecule has 1 fully saturated rings. The van der Waals surface area contributed by atoms with E-state index in [9.17, 15) is 18.3 Å². The summed E-state index contributed by atoms with van der Waals surface area (Å²) < 4.78 is 34.1. The number of fused-ring (bicyclic) bond motifs is 4. The molecule has 1 saturated carbocycles. The molecule has 2 aromatic rings. The number of aliphatic hydroxyl groups is 1. The lowest BCUT2D eigenvalue weighted by molar-refractivity contribution is 0.00904. The molecule has 7 nitrogen and oxygen atoms in total. The van der Waals surface area contributed by atoms with Gasteiger partial charge in [0.1, 0.15) is 5.75 Å². The Labute approximate surface area is 242 Å². The number of nitrogens with zero attached hydrogens (tertiary/aromatic N) is 1. The van der Waals surface area contributed by atoms with Gasteiger partial charge in [0.2, 0.25) is 10.0 Å². The van der Waals surface area contributed by atoms with Crippen LogP contribution in [0.2, 0.25) is 5.02 Å². The molecule has 2 aliphatic heterocycles. The van der Waals surface area contributed by atoms with Crippen molar-refractivity contribution in [2.24, 2.45) is 11.8 Å². The molecule has 9 heteroatoms. The molecule has 0 saturated heterocycles. The first-order valence-corrected chi connectivity index (χ1v) is 16.8. The first-order valence-electron chi connectivity index (χ1n) is 14.8. The highest BCUT2D eigenvalue weighted by Crippen LogP contribution is 2.47. The summed E-state index contributed by atoms with van der Waals surface area (Å²) in [5, 5.41) is 11.8. The van der Waals surface area contributed by atoms with Gasteiger partial charge >= 0.3 is 0 Å². The standard InChI is InChI=1S/C31H39ClN2O5S/c32-24-10-12-26-21(16-24)6-5-14-31(26)19-34-18-23-8-11-25(23)28(35)7-3-1-2-4-15-40(37,38)33-30(36)22-9-13-29(39-20-31)27(34)17-22/h9-10,12-13,16-17,23,25,28,35H,1-8,11,14-15,18-20H2,(H,33,36)/t23-,25+,28-,31-/m0/s1. The fourth-order valence-corrected chi connectivity index (χ4v) is 8.61. The van der Waals surface area contributed by atoms with Gasteiger partial charge in [-0.1, -0.05) is 36.9 Å². The number of nitrogens with one attached hydrogen (secondary N) is 1. The van der Waals surface area contributed by atoms with Gasteiger partial charge in [-0.2, -0.15) is 0 Å². The number of carbonyl (C=O) groups is 1. The van der Waals surface area contributed by atoms with Crippen molar-refractivity contribution < 1.29 is 23.1 Å². The molecule has 40 heavy (non-hydrogen) atoms.